The van der Waals surface area contributed by atoms with E-state index >= 15 is 0 Å². The fraction of sp³-hybridized carbons (Fsp3) is 0.375. The molecule has 1 N–H and O–H groups in total. The second-order valence-electron chi connectivity index (χ2n) is 7.98. The van der Waals surface area contributed by atoms with Crippen molar-refractivity contribution in [1.82, 2.24) is 10.2 Å². The Morgan fingerprint density at radius 3 is 2.50 bits per heavy atom. The van der Waals surface area contributed by atoms with Gasteiger partial charge in [0.2, 0.25) is 11.8 Å². The summed E-state index contributed by atoms with van der Waals surface area (Å²) in [7, 11) is 0. The normalized spacial score (nSPS) is 18.7. The molecule has 0 bridgehead atoms. The van der Waals surface area contributed by atoms with Gasteiger partial charge in [0.25, 0.3) is 5.91 Å². The maximum Gasteiger partial charge on any atom is 0.251 e. The molecule has 0 radical (unpaired) electrons. The number of amides is 3. The molecule has 6 heteroatoms. The third kappa shape index (κ3) is 4.08. The van der Waals surface area contributed by atoms with Crippen molar-refractivity contribution in [3.05, 3.63) is 65.2 Å². The number of aryl methyl sites for hydroxylation is 1. The van der Waals surface area contributed by atoms with Crippen molar-refractivity contribution in [2.45, 2.75) is 38.6 Å². The summed E-state index contributed by atoms with van der Waals surface area (Å²) in [5.74, 6) is -0.228. The number of rotatable bonds is 5. The average molecular weight is 405 g/mol. The van der Waals surface area contributed by atoms with Crippen LogP contribution in [-0.4, -0.2) is 42.3 Å². The van der Waals surface area contributed by atoms with Crippen molar-refractivity contribution >= 4 is 23.4 Å². The highest BCUT2D eigenvalue weighted by atomic mass is 16.2. The number of nitrogens with zero attached hydrogens (tertiary/aromatic N) is 2. The maximum absolute atomic E-state index is 12.8. The smallest absolute Gasteiger partial charge is 0.251 e. The van der Waals surface area contributed by atoms with Gasteiger partial charge in [-0.1, -0.05) is 24.3 Å². The topological polar surface area (TPSA) is 69.7 Å². The molecule has 3 amide bonds. The Balaban J connectivity index is 1.36. The molecule has 1 atom stereocenters. The summed E-state index contributed by atoms with van der Waals surface area (Å²) < 4.78 is 0. The van der Waals surface area contributed by atoms with Crippen molar-refractivity contribution in [2.24, 2.45) is 0 Å². The summed E-state index contributed by atoms with van der Waals surface area (Å²) in [5.41, 5.74) is 3.66. The first-order valence-electron chi connectivity index (χ1n) is 10.6. The molecule has 2 fully saturated rings. The Kier molecular flexibility index (Phi) is 5.84. The summed E-state index contributed by atoms with van der Waals surface area (Å²) in [5, 5.41) is 2.75. The Labute approximate surface area is 176 Å². The van der Waals surface area contributed by atoms with Gasteiger partial charge < -0.3 is 15.1 Å². The van der Waals surface area contributed by atoms with Gasteiger partial charge in [-0.3, -0.25) is 14.4 Å². The zero-order valence-electron chi connectivity index (χ0n) is 17.3. The zero-order chi connectivity index (χ0) is 21.1. The molecule has 156 valence electrons. The van der Waals surface area contributed by atoms with E-state index in [9.17, 15) is 14.4 Å². The van der Waals surface area contributed by atoms with Crippen molar-refractivity contribution in [1.29, 1.82) is 0 Å². The molecule has 2 aliphatic rings. The molecule has 2 aliphatic heterocycles. The summed E-state index contributed by atoms with van der Waals surface area (Å²) in [4.78, 5) is 40.8. The van der Waals surface area contributed by atoms with Crippen LogP contribution >= 0.6 is 0 Å². The molecule has 30 heavy (non-hydrogen) atoms. The lowest BCUT2D eigenvalue weighted by molar-refractivity contribution is -0.131. The predicted molar refractivity (Wildman–Crippen MR) is 115 cm³/mol. The van der Waals surface area contributed by atoms with Crippen LogP contribution in [0.2, 0.25) is 0 Å². The number of carbonyl (C=O) groups is 3. The average Bonchev–Trinajstić information content (AvgIpc) is 3.41. The van der Waals surface area contributed by atoms with Crippen LogP contribution in [0.3, 0.4) is 0 Å². The van der Waals surface area contributed by atoms with E-state index in [-0.39, 0.29) is 30.3 Å². The van der Waals surface area contributed by atoms with Gasteiger partial charge in [-0.2, -0.15) is 0 Å². The monoisotopic (exact) mass is 405 g/mol. The molecule has 0 saturated carbocycles. The fourth-order valence-corrected chi connectivity index (χ4v) is 4.42. The molecule has 0 spiro atoms. The van der Waals surface area contributed by atoms with Crippen molar-refractivity contribution in [3.63, 3.8) is 0 Å². The van der Waals surface area contributed by atoms with Crippen LogP contribution in [0, 0.1) is 6.92 Å². The van der Waals surface area contributed by atoms with E-state index in [1.807, 2.05) is 17.0 Å². The van der Waals surface area contributed by atoms with Crippen LogP contribution in [0.25, 0.3) is 0 Å². The highest BCUT2D eigenvalue weighted by molar-refractivity contribution is 5.98. The van der Waals surface area contributed by atoms with E-state index in [1.165, 1.54) is 11.1 Å². The highest BCUT2D eigenvalue weighted by Crippen LogP contribution is 2.33. The molecule has 0 aliphatic carbocycles. The standard InChI is InChI=1S/C24H27N3O3/c1-17-6-2-3-7-20(17)21-8-4-15-27(21)23(29)16-25-24(30)18-10-12-19(13-11-18)26-14-5-9-22(26)28/h2-3,6-7,10-13,21H,4-5,8-9,14-16H2,1H3,(H,25,30). The number of likely N-dealkylation sites (tertiary alicyclic amines) is 1. The van der Waals surface area contributed by atoms with Gasteiger partial charge in [0.1, 0.15) is 0 Å². The van der Waals surface area contributed by atoms with Gasteiger partial charge in [0, 0.05) is 30.8 Å². The maximum atomic E-state index is 12.8. The first-order valence-corrected chi connectivity index (χ1v) is 10.6. The molecule has 2 aromatic carbocycles. The van der Waals surface area contributed by atoms with E-state index in [1.54, 1.807) is 29.2 Å². The number of carbonyl (C=O) groups excluding carboxylic acids is 3. The number of hydrogen-bond acceptors (Lipinski definition) is 3. The Bertz CT molecular complexity index is 954. The lowest BCUT2D eigenvalue weighted by atomic mass is 9.99. The fourth-order valence-electron chi connectivity index (χ4n) is 4.42. The van der Waals surface area contributed by atoms with Gasteiger partial charge >= 0.3 is 0 Å². The highest BCUT2D eigenvalue weighted by Gasteiger charge is 2.30. The Morgan fingerprint density at radius 2 is 1.80 bits per heavy atom. The van der Waals surface area contributed by atoms with Crippen LogP contribution < -0.4 is 10.2 Å². The van der Waals surface area contributed by atoms with Crippen molar-refractivity contribution in [3.8, 4) is 0 Å². The van der Waals surface area contributed by atoms with E-state index < -0.39 is 0 Å². The van der Waals surface area contributed by atoms with Gasteiger partial charge in [0.05, 0.1) is 12.6 Å². The summed E-state index contributed by atoms with van der Waals surface area (Å²) in [6.07, 6.45) is 3.35. The van der Waals surface area contributed by atoms with Crippen LogP contribution in [0.4, 0.5) is 5.69 Å². The summed E-state index contributed by atoms with van der Waals surface area (Å²) in [6.45, 7) is 3.48. The molecule has 1 unspecified atom stereocenters. The Morgan fingerprint density at radius 1 is 1.03 bits per heavy atom. The van der Waals surface area contributed by atoms with Gasteiger partial charge in [-0.05, 0) is 61.6 Å². The third-order valence-corrected chi connectivity index (χ3v) is 6.04. The van der Waals surface area contributed by atoms with Crippen molar-refractivity contribution in [2.75, 3.05) is 24.5 Å². The number of hydrogen-bond donors (Lipinski definition) is 1. The zero-order valence-corrected chi connectivity index (χ0v) is 17.3. The first kappa shape index (κ1) is 20.1. The van der Waals surface area contributed by atoms with E-state index in [2.05, 4.69) is 24.4 Å². The van der Waals surface area contributed by atoms with Gasteiger partial charge in [0.15, 0.2) is 0 Å². The number of nitrogens with one attached hydrogen (secondary N) is 1. The van der Waals surface area contributed by atoms with Crippen molar-refractivity contribution < 1.29 is 14.4 Å². The number of anilines is 1. The molecule has 2 heterocycles. The molecule has 6 nitrogen and oxygen atoms in total. The second-order valence-corrected chi connectivity index (χ2v) is 7.98. The minimum absolute atomic E-state index is 0.0203. The lowest BCUT2D eigenvalue weighted by Gasteiger charge is -2.26. The quantitative estimate of drug-likeness (QED) is 0.830. The van der Waals surface area contributed by atoms with Crippen LogP contribution in [-0.2, 0) is 9.59 Å². The molecular weight excluding hydrogens is 378 g/mol. The predicted octanol–water partition coefficient (Wildman–Crippen LogP) is 3.22. The molecular formula is C24H27N3O3. The third-order valence-electron chi connectivity index (χ3n) is 6.04. The minimum Gasteiger partial charge on any atom is -0.343 e. The van der Waals surface area contributed by atoms with Crippen LogP contribution in [0.15, 0.2) is 48.5 Å². The minimum atomic E-state index is -0.283. The summed E-state index contributed by atoms with van der Waals surface area (Å²) >= 11 is 0. The largest absolute Gasteiger partial charge is 0.343 e. The lowest BCUT2D eigenvalue weighted by Crippen LogP contribution is -2.40. The SMILES string of the molecule is Cc1ccccc1C1CCCN1C(=O)CNC(=O)c1ccc(N2CCCC2=O)cc1. The van der Waals surface area contributed by atoms with Gasteiger partial charge in [-0.25, -0.2) is 0 Å². The second kappa shape index (κ2) is 8.69. The molecule has 2 aromatic rings. The van der Waals surface area contributed by atoms with E-state index in [0.717, 1.165) is 31.5 Å². The Hall–Kier alpha value is -3.15. The first-order chi connectivity index (χ1) is 14.5. The van der Waals surface area contributed by atoms with Crippen LogP contribution in [0.5, 0.6) is 0 Å². The van der Waals surface area contributed by atoms with Crippen LogP contribution in [0.1, 0.15) is 53.2 Å². The summed E-state index contributed by atoms with van der Waals surface area (Å²) in [6, 6.07) is 15.2. The number of benzene rings is 2. The van der Waals surface area contributed by atoms with Gasteiger partial charge in [-0.15, -0.1) is 0 Å². The molecule has 0 aromatic heterocycles. The van der Waals surface area contributed by atoms with E-state index in [4.69, 9.17) is 0 Å². The molecule has 4 rings (SSSR count). The molecule has 2 saturated heterocycles. The van der Waals surface area contributed by atoms with E-state index in [0.29, 0.717) is 18.5 Å².